The number of unbranched alkanes of at least 4 members (excludes halogenated alkanes) is 1. The molecule has 0 saturated carbocycles. The monoisotopic (exact) mass is 324 g/mol. The summed E-state index contributed by atoms with van der Waals surface area (Å²) in [7, 11) is 1.37. The number of rotatable bonds is 5. The summed E-state index contributed by atoms with van der Waals surface area (Å²) in [5, 5.41) is 0. The van der Waals surface area contributed by atoms with E-state index < -0.39 is 0 Å². The summed E-state index contributed by atoms with van der Waals surface area (Å²) in [6.07, 6.45) is 6.36. The number of allylic oxidation sites excluding steroid dienone is 2. The molecular weight excluding hydrogens is 312 g/mol. The zero-order valence-electron chi connectivity index (χ0n) is 8.35. The lowest BCUT2D eigenvalue weighted by Gasteiger charge is -2.00. The van der Waals surface area contributed by atoms with Gasteiger partial charge in [0.05, 0.1) is 10.5 Å². The summed E-state index contributed by atoms with van der Waals surface area (Å²) in [4.78, 5) is 10.9. The number of hydrogen-bond acceptors (Lipinski definition) is 2. The van der Waals surface area contributed by atoms with Crippen LogP contribution in [0.15, 0.2) is 21.1 Å². The molecule has 0 aliphatic rings. The Hall–Kier alpha value is -0.0900. The van der Waals surface area contributed by atoms with Crippen LogP contribution in [0.25, 0.3) is 0 Å². The molecule has 0 bridgehead atoms. The molecule has 0 aromatic rings. The first-order valence-corrected chi connectivity index (χ1v) is 6.00. The molecule has 0 spiro atoms. The molecule has 0 amide bonds. The van der Waals surface area contributed by atoms with E-state index >= 15 is 0 Å². The average molecular weight is 326 g/mol. The van der Waals surface area contributed by atoms with E-state index in [-0.39, 0.29) is 5.97 Å². The van der Waals surface area contributed by atoms with Gasteiger partial charge in [0.25, 0.3) is 0 Å². The predicted octanol–water partition coefficient (Wildman–Crippen LogP) is 3.91. The number of halogens is 2. The molecule has 0 unspecified atom stereocenters. The summed E-state index contributed by atoms with van der Waals surface area (Å²) in [5.74, 6) is -0.333. The van der Waals surface area contributed by atoms with Gasteiger partial charge in [-0.1, -0.05) is 19.4 Å². The molecule has 0 rings (SSSR count). The molecule has 0 aliphatic heterocycles. The number of hydrogen-bond donors (Lipinski definition) is 0. The molecule has 0 aromatic heterocycles. The SMILES string of the molecule is CCCCC(/C=C/C(=O)OC)=C(Br)Br. The Bertz CT molecular complexity index is 241. The number of ether oxygens (including phenoxy) is 1. The van der Waals surface area contributed by atoms with Crippen LogP contribution in [0.5, 0.6) is 0 Å². The lowest BCUT2D eigenvalue weighted by Crippen LogP contribution is -1.94. The van der Waals surface area contributed by atoms with Crippen molar-refractivity contribution in [3.05, 3.63) is 21.1 Å². The first-order chi connectivity index (χ1) is 6.61. The van der Waals surface area contributed by atoms with E-state index in [1.807, 2.05) is 0 Å². The zero-order chi connectivity index (χ0) is 11.0. The smallest absolute Gasteiger partial charge is 0.330 e. The predicted molar refractivity (Wildman–Crippen MR) is 65.6 cm³/mol. The molecule has 0 heterocycles. The summed E-state index contributed by atoms with van der Waals surface area (Å²) in [5.41, 5.74) is 1.07. The quantitative estimate of drug-likeness (QED) is 0.435. The average Bonchev–Trinajstić information content (AvgIpc) is 2.16. The number of carbonyl (C=O) groups excluding carboxylic acids is 1. The Kier molecular flexibility index (Phi) is 8.18. The maximum atomic E-state index is 10.9. The van der Waals surface area contributed by atoms with Gasteiger partial charge in [0.15, 0.2) is 0 Å². The van der Waals surface area contributed by atoms with Gasteiger partial charge in [0, 0.05) is 6.08 Å². The minimum absolute atomic E-state index is 0.333. The molecule has 0 fully saturated rings. The molecule has 0 radical (unpaired) electrons. The first kappa shape index (κ1) is 13.9. The second kappa shape index (κ2) is 8.24. The molecule has 14 heavy (non-hydrogen) atoms. The van der Waals surface area contributed by atoms with Gasteiger partial charge >= 0.3 is 5.97 Å². The van der Waals surface area contributed by atoms with Gasteiger partial charge in [-0.15, -0.1) is 0 Å². The van der Waals surface area contributed by atoms with Gasteiger partial charge in [-0.25, -0.2) is 4.79 Å². The van der Waals surface area contributed by atoms with Crippen molar-refractivity contribution in [1.82, 2.24) is 0 Å². The number of methoxy groups -OCH3 is 1. The van der Waals surface area contributed by atoms with E-state index in [2.05, 4.69) is 43.5 Å². The second-order valence-electron chi connectivity index (χ2n) is 2.75. The van der Waals surface area contributed by atoms with Crippen LogP contribution in [-0.2, 0) is 9.53 Å². The van der Waals surface area contributed by atoms with Gasteiger partial charge in [-0.05, 0) is 50.3 Å². The lowest BCUT2D eigenvalue weighted by molar-refractivity contribution is -0.134. The van der Waals surface area contributed by atoms with Crippen molar-refractivity contribution in [1.29, 1.82) is 0 Å². The van der Waals surface area contributed by atoms with E-state index in [0.29, 0.717) is 0 Å². The van der Waals surface area contributed by atoms with E-state index in [4.69, 9.17) is 0 Å². The van der Waals surface area contributed by atoms with Crippen molar-refractivity contribution in [2.75, 3.05) is 7.11 Å². The zero-order valence-corrected chi connectivity index (χ0v) is 11.5. The minimum atomic E-state index is -0.333. The van der Waals surface area contributed by atoms with E-state index in [1.54, 1.807) is 6.08 Å². The van der Waals surface area contributed by atoms with Crippen molar-refractivity contribution < 1.29 is 9.53 Å². The van der Waals surface area contributed by atoms with Crippen LogP contribution in [0, 0.1) is 0 Å². The van der Waals surface area contributed by atoms with Crippen molar-refractivity contribution in [3.63, 3.8) is 0 Å². The number of esters is 1. The van der Waals surface area contributed by atoms with Gasteiger partial charge in [0.2, 0.25) is 0 Å². The third-order valence-electron chi connectivity index (χ3n) is 1.66. The van der Waals surface area contributed by atoms with Crippen LogP contribution in [0.4, 0.5) is 0 Å². The van der Waals surface area contributed by atoms with E-state index in [9.17, 15) is 4.79 Å². The highest BCUT2D eigenvalue weighted by Crippen LogP contribution is 2.24. The minimum Gasteiger partial charge on any atom is -0.466 e. The molecule has 0 N–H and O–H groups in total. The third kappa shape index (κ3) is 6.38. The molecule has 2 nitrogen and oxygen atoms in total. The molecule has 0 saturated heterocycles. The van der Waals surface area contributed by atoms with Crippen molar-refractivity contribution in [2.45, 2.75) is 26.2 Å². The topological polar surface area (TPSA) is 26.3 Å². The first-order valence-electron chi connectivity index (χ1n) is 4.42. The van der Waals surface area contributed by atoms with Crippen molar-refractivity contribution in [2.24, 2.45) is 0 Å². The van der Waals surface area contributed by atoms with Gasteiger partial charge in [-0.3, -0.25) is 0 Å². The summed E-state index contributed by atoms with van der Waals surface area (Å²) < 4.78 is 5.39. The lowest BCUT2D eigenvalue weighted by atomic mass is 10.1. The van der Waals surface area contributed by atoms with Gasteiger partial charge in [-0.2, -0.15) is 0 Å². The Morgan fingerprint density at radius 3 is 2.43 bits per heavy atom. The molecule has 0 aliphatic carbocycles. The summed E-state index contributed by atoms with van der Waals surface area (Å²) in [6.45, 7) is 2.13. The fraction of sp³-hybridized carbons (Fsp3) is 0.500. The molecular formula is C10H14Br2O2. The normalized spacial score (nSPS) is 10.3. The highest BCUT2D eigenvalue weighted by molar-refractivity contribution is 9.28. The van der Waals surface area contributed by atoms with Crippen LogP contribution in [0.3, 0.4) is 0 Å². The van der Waals surface area contributed by atoms with Crippen LogP contribution < -0.4 is 0 Å². The van der Waals surface area contributed by atoms with Gasteiger partial charge in [0.1, 0.15) is 0 Å². The Labute approximate surface area is 102 Å². The largest absolute Gasteiger partial charge is 0.466 e. The Balaban J connectivity index is 4.32. The summed E-state index contributed by atoms with van der Waals surface area (Å²) >= 11 is 6.67. The van der Waals surface area contributed by atoms with E-state index in [1.165, 1.54) is 13.2 Å². The summed E-state index contributed by atoms with van der Waals surface area (Å²) in [6, 6.07) is 0. The highest BCUT2D eigenvalue weighted by Gasteiger charge is 1.99. The van der Waals surface area contributed by atoms with Crippen molar-refractivity contribution in [3.8, 4) is 0 Å². The Morgan fingerprint density at radius 1 is 1.36 bits per heavy atom. The van der Waals surface area contributed by atoms with Crippen LogP contribution in [0.2, 0.25) is 0 Å². The molecule has 80 valence electrons. The van der Waals surface area contributed by atoms with Crippen molar-refractivity contribution >= 4 is 37.8 Å². The van der Waals surface area contributed by atoms with Crippen LogP contribution >= 0.6 is 31.9 Å². The maximum Gasteiger partial charge on any atom is 0.330 e. The molecule has 0 atom stereocenters. The van der Waals surface area contributed by atoms with Gasteiger partial charge < -0.3 is 4.74 Å². The standard InChI is InChI=1S/C10H14Br2O2/c1-3-4-5-8(10(11)12)6-7-9(13)14-2/h6-7H,3-5H2,1-2H3/b7-6+. The van der Waals surface area contributed by atoms with Crippen LogP contribution in [0.1, 0.15) is 26.2 Å². The molecule has 0 aromatic carbocycles. The maximum absolute atomic E-state index is 10.9. The fourth-order valence-corrected chi connectivity index (χ4v) is 1.51. The van der Waals surface area contributed by atoms with Crippen LogP contribution in [-0.4, -0.2) is 13.1 Å². The second-order valence-corrected chi connectivity index (χ2v) is 5.40. The van der Waals surface area contributed by atoms with E-state index in [0.717, 1.165) is 28.2 Å². The fourth-order valence-electron chi connectivity index (χ4n) is 0.845. The molecule has 4 heteroatoms. The Morgan fingerprint density at radius 2 is 2.00 bits per heavy atom. The highest BCUT2D eigenvalue weighted by atomic mass is 79.9. The third-order valence-corrected chi connectivity index (χ3v) is 2.68. The number of carbonyl (C=O) groups is 1.